The molecule has 0 spiro atoms. The van der Waals surface area contributed by atoms with Crippen molar-refractivity contribution in [2.75, 3.05) is 0 Å². The van der Waals surface area contributed by atoms with Crippen molar-refractivity contribution >= 4 is 11.0 Å². The predicted molar refractivity (Wildman–Crippen MR) is 42.1 cm³/mol. The lowest BCUT2D eigenvalue weighted by atomic mass is 10.2. The molecule has 0 bridgehead atoms. The van der Waals surface area contributed by atoms with E-state index >= 15 is 0 Å². The fourth-order valence-electron chi connectivity index (χ4n) is 0.708. The number of nitrogens with zero attached hydrogens (tertiary/aromatic N) is 1. The van der Waals surface area contributed by atoms with E-state index in [1.807, 2.05) is 6.07 Å². The summed E-state index contributed by atoms with van der Waals surface area (Å²) in [5.41, 5.74) is 0.365. The Morgan fingerprint density at radius 3 is 2.75 bits per heavy atom. The van der Waals surface area contributed by atoms with Gasteiger partial charge in [-0.1, -0.05) is 6.07 Å². The third-order valence-corrected chi connectivity index (χ3v) is 1.50. The number of thiol groups is 1. The van der Waals surface area contributed by atoms with Crippen molar-refractivity contribution in [2.45, 2.75) is 0 Å². The first-order chi connectivity index (χ1) is 5.72. The largest absolute Gasteiger partial charge is 0.384 e. The predicted octanol–water partition coefficient (Wildman–Crippen LogP) is 0.463. The smallest absolute Gasteiger partial charge is 0.299 e. The Kier molecular flexibility index (Phi) is 2.66. The second kappa shape index (κ2) is 3.74. The van der Waals surface area contributed by atoms with Crippen LogP contribution in [-0.4, -0.2) is 8.42 Å². The van der Waals surface area contributed by atoms with Crippen molar-refractivity contribution < 1.29 is 12.6 Å². The van der Waals surface area contributed by atoms with E-state index in [0.29, 0.717) is 5.56 Å². The topological polar surface area (TPSA) is 67.2 Å². The van der Waals surface area contributed by atoms with Crippen molar-refractivity contribution in [2.24, 2.45) is 0 Å². The highest BCUT2D eigenvalue weighted by Crippen LogP contribution is 2.11. The highest BCUT2D eigenvalue weighted by atomic mass is 32.2. The second-order valence-electron chi connectivity index (χ2n) is 1.95. The third kappa shape index (κ3) is 2.25. The Morgan fingerprint density at radius 1 is 1.42 bits per heavy atom. The van der Waals surface area contributed by atoms with Gasteiger partial charge in [0.15, 0.2) is 0 Å². The maximum absolute atomic E-state index is 10.1. The molecule has 0 radical (unpaired) electrons. The Labute approximate surface area is 71.2 Å². The van der Waals surface area contributed by atoms with Crippen LogP contribution in [0, 0.1) is 11.3 Å². The summed E-state index contributed by atoms with van der Waals surface area (Å²) in [6.45, 7) is 0. The van der Waals surface area contributed by atoms with Gasteiger partial charge in [-0.25, -0.2) is 0 Å². The first-order valence-electron chi connectivity index (χ1n) is 3.05. The Hall–Kier alpha value is -1.54. The van der Waals surface area contributed by atoms with Gasteiger partial charge < -0.3 is 4.18 Å². The van der Waals surface area contributed by atoms with E-state index in [1.54, 1.807) is 12.1 Å². The SMILES string of the molecule is N#Cc1cccc(O[SH](=O)=O)c1. The van der Waals surface area contributed by atoms with Gasteiger partial charge in [0, 0.05) is 0 Å². The van der Waals surface area contributed by atoms with Gasteiger partial charge in [-0.05, 0) is 18.2 Å². The minimum Gasteiger partial charge on any atom is -0.384 e. The summed E-state index contributed by atoms with van der Waals surface area (Å²) < 4.78 is 24.6. The van der Waals surface area contributed by atoms with Crippen LogP contribution in [0.1, 0.15) is 5.56 Å². The van der Waals surface area contributed by atoms with Gasteiger partial charge in [-0.3, -0.25) is 0 Å². The van der Waals surface area contributed by atoms with Gasteiger partial charge in [-0.15, -0.1) is 0 Å². The number of nitriles is 1. The van der Waals surface area contributed by atoms with Crippen molar-refractivity contribution in [1.29, 1.82) is 5.26 Å². The van der Waals surface area contributed by atoms with E-state index in [0.717, 1.165) is 0 Å². The zero-order valence-corrected chi connectivity index (χ0v) is 6.82. The molecule has 1 aromatic carbocycles. The van der Waals surface area contributed by atoms with Crippen molar-refractivity contribution in [3.63, 3.8) is 0 Å². The van der Waals surface area contributed by atoms with Gasteiger partial charge in [0.05, 0.1) is 11.6 Å². The van der Waals surface area contributed by atoms with Crippen molar-refractivity contribution in [3.8, 4) is 11.8 Å². The van der Waals surface area contributed by atoms with Crippen LogP contribution in [-0.2, 0) is 11.0 Å². The molecule has 0 fully saturated rings. The quantitative estimate of drug-likeness (QED) is 0.676. The molecule has 0 saturated heterocycles. The molecule has 0 unspecified atom stereocenters. The standard InChI is InChI=1S/C7H5NO3S/c8-5-6-2-1-3-7(4-6)11-12(9)10/h1-4,12H. The Morgan fingerprint density at radius 2 is 2.17 bits per heavy atom. The molecule has 62 valence electrons. The van der Waals surface area contributed by atoms with Crippen LogP contribution in [0.3, 0.4) is 0 Å². The summed E-state index contributed by atoms with van der Waals surface area (Å²) in [5, 5.41) is 8.44. The first-order valence-corrected chi connectivity index (χ1v) is 4.14. The molecule has 0 aliphatic rings. The molecule has 0 amide bonds. The van der Waals surface area contributed by atoms with Crippen LogP contribution < -0.4 is 4.18 Å². The number of rotatable bonds is 2. The van der Waals surface area contributed by atoms with Crippen LogP contribution in [0.25, 0.3) is 0 Å². The lowest BCUT2D eigenvalue weighted by Gasteiger charge is -1.95. The molecule has 12 heavy (non-hydrogen) atoms. The second-order valence-corrected chi connectivity index (χ2v) is 2.58. The average Bonchev–Trinajstić information content (AvgIpc) is 2.03. The molecular formula is C7H5NO3S. The van der Waals surface area contributed by atoms with Gasteiger partial charge in [0.2, 0.25) is 0 Å². The fraction of sp³-hybridized carbons (Fsp3) is 0. The van der Waals surface area contributed by atoms with E-state index in [4.69, 9.17) is 5.26 Å². The highest BCUT2D eigenvalue weighted by Gasteiger charge is 1.95. The molecule has 4 nitrogen and oxygen atoms in total. The number of benzene rings is 1. The summed E-state index contributed by atoms with van der Waals surface area (Å²) in [4.78, 5) is 0. The van der Waals surface area contributed by atoms with Crippen LogP contribution in [0.2, 0.25) is 0 Å². The molecular weight excluding hydrogens is 178 g/mol. The van der Waals surface area contributed by atoms with Gasteiger partial charge in [0.1, 0.15) is 5.75 Å². The number of hydrogen-bond acceptors (Lipinski definition) is 4. The molecule has 1 rings (SSSR count). The zero-order valence-electron chi connectivity index (χ0n) is 5.93. The lowest BCUT2D eigenvalue weighted by molar-refractivity contribution is 0.510. The molecule has 5 heteroatoms. The monoisotopic (exact) mass is 183 g/mol. The summed E-state index contributed by atoms with van der Waals surface area (Å²) in [5.74, 6) is 0.158. The van der Waals surface area contributed by atoms with E-state index in [2.05, 4.69) is 4.18 Å². The molecule has 1 aromatic rings. The van der Waals surface area contributed by atoms with E-state index in [1.165, 1.54) is 12.1 Å². The van der Waals surface area contributed by atoms with Gasteiger partial charge in [0.25, 0.3) is 11.0 Å². The number of hydrogen-bond donors (Lipinski definition) is 1. The molecule has 0 atom stereocenters. The van der Waals surface area contributed by atoms with E-state index in [9.17, 15) is 8.42 Å². The Balaban J connectivity index is 2.96. The average molecular weight is 183 g/mol. The first kappa shape index (κ1) is 8.56. The fourth-order valence-corrected chi connectivity index (χ4v) is 0.994. The summed E-state index contributed by atoms with van der Waals surface area (Å²) in [6, 6.07) is 7.79. The van der Waals surface area contributed by atoms with Crippen LogP contribution in [0.4, 0.5) is 0 Å². The molecule has 0 aliphatic carbocycles. The molecule has 0 aliphatic heterocycles. The zero-order chi connectivity index (χ0) is 8.97. The minimum absolute atomic E-state index is 0.158. The van der Waals surface area contributed by atoms with Crippen molar-refractivity contribution in [3.05, 3.63) is 29.8 Å². The summed E-state index contributed by atoms with van der Waals surface area (Å²) in [6.07, 6.45) is 0. The molecule has 0 heterocycles. The third-order valence-electron chi connectivity index (χ3n) is 1.14. The normalized spacial score (nSPS) is 9.33. The van der Waals surface area contributed by atoms with Crippen LogP contribution >= 0.6 is 0 Å². The van der Waals surface area contributed by atoms with Gasteiger partial charge >= 0.3 is 0 Å². The maximum atomic E-state index is 10.1. The van der Waals surface area contributed by atoms with Crippen molar-refractivity contribution in [1.82, 2.24) is 0 Å². The lowest BCUT2D eigenvalue weighted by Crippen LogP contribution is -1.89. The Bertz CT molecular complexity index is 384. The molecule has 0 saturated carbocycles. The van der Waals surface area contributed by atoms with Gasteiger partial charge in [-0.2, -0.15) is 13.7 Å². The summed E-state index contributed by atoms with van der Waals surface area (Å²) >= 11 is 0. The van der Waals surface area contributed by atoms with Crippen LogP contribution in [0.15, 0.2) is 24.3 Å². The molecule has 0 aromatic heterocycles. The maximum Gasteiger partial charge on any atom is 0.299 e. The van der Waals surface area contributed by atoms with E-state index < -0.39 is 11.0 Å². The minimum atomic E-state index is -2.90. The summed E-state index contributed by atoms with van der Waals surface area (Å²) in [7, 11) is -2.90. The van der Waals surface area contributed by atoms with Crippen LogP contribution in [0.5, 0.6) is 5.75 Å². The molecule has 0 N–H and O–H groups in total. The highest BCUT2D eigenvalue weighted by molar-refractivity contribution is 7.67. The van der Waals surface area contributed by atoms with E-state index in [-0.39, 0.29) is 5.75 Å².